The van der Waals surface area contributed by atoms with Crippen LogP contribution >= 0.6 is 46.4 Å². The molecular formula is C32H26Cl4N8O3. The maximum Gasteiger partial charge on any atom is 0.337 e. The van der Waals surface area contributed by atoms with E-state index in [1.165, 1.54) is 18.3 Å². The Morgan fingerprint density at radius 2 is 1.17 bits per heavy atom. The first kappa shape index (κ1) is 35.1. The summed E-state index contributed by atoms with van der Waals surface area (Å²) in [5.41, 5.74) is 19.5. The van der Waals surface area contributed by atoms with Gasteiger partial charge in [-0.3, -0.25) is 4.79 Å². The molecule has 0 spiro atoms. The van der Waals surface area contributed by atoms with Crippen molar-refractivity contribution >= 4 is 91.5 Å². The summed E-state index contributed by atoms with van der Waals surface area (Å²) in [7, 11) is 0. The Hall–Kier alpha value is -4.78. The van der Waals surface area contributed by atoms with Gasteiger partial charge in [-0.15, -0.1) is 0 Å². The number of aromatic carboxylic acids is 1. The number of nitrogen functional groups attached to an aromatic ring is 2. The maximum absolute atomic E-state index is 12.1. The Balaban J connectivity index is 0.000000176. The SMILES string of the molecule is NCc1ccc2c(N)nccc2c1.Nc1nccc2cc(CNC(=O)c3cnc(Cl)c(Cl)c3)ccc12.O=C(O)c1cnc(Cl)c(Cl)c1. The van der Waals surface area contributed by atoms with E-state index in [0.29, 0.717) is 30.3 Å². The molecule has 4 heterocycles. The summed E-state index contributed by atoms with van der Waals surface area (Å²) < 4.78 is 0. The van der Waals surface area contributed by atoms with Crippen LogP contribution in [0, 0.1) is 0 Å². The van der Waals surface area contributed by atoms with Crippen LogP contribution in [0.5, 0.6) is 0 Å². The van der Waals surface area contributed by atoms with Gasteiger partial charge in [-0.05, 0) is 58.3 Å². The average Bonchev–Trinajstić information content (AvgIpc) is 3.06. The molecule has 0 saturated heterocycles. The minimum absolute atomic E-state index is 0.0272. The van der Waals surface area contributed by atoms with E-state index in [9.17, 15) is 9.59 Å². The standard InChI is InChI=1S/C16H12Cl2N4O.C10H11N3.C6H3Cl2NO2/c17-13-6-11(8-21-14(13)18)16(23)22-7-9-1-2-12-10(5-9)3-4-20-15(12)19;11-6-7-1-2-9-8(5-7)3-4-13-10(9)12;7-4-1-3(6(10)11)2-9-5(4)8/h1-6,8H,7H2,(H2,19,20)(H,22,23);1-5H,6,11H2,(H2,12,13);1-2H,(H,10,11). The molecule has 6 aromatic rings. The zero-order valence-electron chi connectivity index (χ0n) is 24.3. The Labute approximate surface area is 288 Å². The largest absolute Gasteiger partial charge is 0.478 e. The first-order chi connectivity index (χ1) is 22.5. The number of nitrogens with zero attached hydrogens (tertiary/aromatic N) is 4. The van der Waals surface area contributed by atoms with Crippen molar-refractivity contribution in [1.29, 1.82) is 0 Å². The van der Waals surface area contributed by atoms with Crippen molar-refractivity contribution in [3.63, 3.8) is 0 Å². The molecule has 2 aromatic carbocycles. The quantitative estimate of drug-likeness (QED) is 0.118. The predicted molar refractivity (Wildman–Crippen MR) is 187 cm³/mol. The van der Waals surface area contributed by atoms with E-state index < -0.39 is 5.97 Å². The zero-order valence-corrected chi connectivity index (χ0v) is 27.3. The van der Waals surface area contributed by atoms with Crippen LogP contribution in [-0.4, -0.2) is 36.9 Å². The second-order valence-electron chi connectivity index (χ2n) is 9.69. The molecule has 0 saturated carbocycles. The molecular weight excluding hydrogens is 686 g/mol. The average molecular weight is 712 g/mol. The fraction of sp³-hybridized carbons (Fsp3) is 0.0625. The summed E-state index contributed by atoms with van der Waals surface area (Å²) >= 11 is 22.5. The number of amides is 1. The second-order valence-corrected chi connectivity index (χ2v) is 11.2. The third kappa shape index (κ3) is 9.38. The number of carboxylic acids is 1. The lowest BCUT2D eigenvalue weighted by atomic mass is 10.1. The monoisotopic (exact) mass is 710 g/mol. The summed E-state index contributed by atoms with van der Waals surface area (Å²) in [4.78, 5) is 37.9. The molecule has 47 heavy (non-hydrogen) atoms. The van der Waals surface area contributed by atoms with Crippen LogP contribution in [-0.2, 0) is 13.1 Å². The fourth-order valence-corrected chi connectivity index (χ4v) is 4.65. The highest BCUT2D eigenvalue weighted by Gasteiger charge is 2.10. The van der Waals surface area contributed by atoms with E-state index in [0.717, 1.165) is 38.9 Å². The molecule has 0 aliphatic rings. The zero-order chi connectivity index (χ0) is 34.1. The summed E-state index contributed by atoms with van der Waals surface area (Å²) in [5.74, 6) is -0.289. The third-order valence-electron chi connectivity index (χ3n) is 6.51. The van der Waals surface area contributed by atoms with Crippen molar-refractivity contribution < 1.29 is 14.7 Å². The highest BCUT2D eigenvalue weighted by atomic mass is 35.5. The van der Waals surface area contributed by atoms with Gasteiger partial charge in [0.1, 0.15) is 21.9 Å². The number of hydrogen-bond acceptors (Lipinski definition) is 9. The van der Waals surface area contributed by atoms with Crippen molar-refractivity contribution in [2.24, 2.45) is 5.73 Å². The number of nitrogens with two attached hydrogens (primary N) is 3. The molecule has 0 bridgehead atoms. The number of carbonyl (C=O) groups excluding carboxylic acids is 1. The van der Waals surface area contributed by atoms with E-state index in [2.05, 4.69) is 25.3 Å². The number of anilines is 2. The first-order valence-electron chi connectivity index (χ1n) is 13.6. The number of halogens is 4. The first-order valence-corrected chi connectivity index (χ1v) is 15.1. The maximum atomic E-state index is 12.1. The van der Waals surface area contributed by atoms with Crippen LogP contribution in [0.1, 0.15) is 31.8 Å². The third-order valence-corrected chi connectivity index (χ3v) is 7.88. The van der Waals surface area contributed by atoms with Crippen LogP contribution in [0.2, 0.25) is 20.4 Å². The number of aromatic nitrogens is 4. The minimum atomic E-state index is -1.07. The van der Waals surface area contributed by atoms with Crippen LogP contribution < -0.4 is 22.5 Å². The molecule has 0 radical (unpaired) electrons. The van der Waals surface area contributed by atoms with E-state index in [-0.39, 0.29) is 31.8 Å². The molecule has 0 fully saturated rings. The summed E-state index contributed by atoms with van der Waals surface area (Å²) in [6.45, 7) is 0.926. The molecule has 0 aliphatic carbocycles. The van der Waals surface area contributed by atoms with Crippen LogP contribution in [0.15, 0.2) is 85.5 Å². The lowest BCUT2D eigenvalue weighted by Crippen LogP contribution is -2.22. The van der Waals surface area contributed by atoms with Gasteiger partial charge < -0.3 is 27.6 Å². The van der Waals surface area contributed by atoms with Gasteiger partial charge in [-0.1, -0.05) is 70.7 Å². The van der Waals surface area contributed by atoms with Crippen LogP contribution in [0.4, 0.5) is 11.6 Å². The topological polar surface area (TPSA) is 196 Å². The van der Waals surface area contributed by atoms with Gasteiger partial charge in [0.05, 0.1) is 21.2 Å². The van der Waals surface area contributed by atoms with Crippen molar-refractivity contribution in [1.82, 2.24) is 25.3 Å². The number of hydrogen-bond donors (Lipinski definition) is 5. The van der Waals surface area contributed by atoms with Gasteiger partial charge in [-0.2, -0.15) is 0 Å². The molecule has 15 heteroatoms. The Morgan fingerprint density at radius 1 is 0.681 bits per heavy atom. The number of carbonyl (C=O) groups is 2. The molecule has 0 unspecified atom stereocenters. The number of carboxylic acid groups (broad SMARTS) is 1. The van der Waals surface area contributed by atoms with Gasteiger partial charge in [0, 0.05) is 48.6 Å². The van der Waals surface area contributed by atoms with E-state index in [1.807, 2.05) is 48.5 Å². The lowest BCUT2D eigenvalue weighted by molar-refractivity contribution is 0.0696. The molecule has 8 N–H and O–H groups in total. The van der Waals surface area contributed by atoms with Gasteiger partial charge in [0.15, 0.2) is 0 Å². The molecule has 1 amide bonds. The van der Waals surface area contributed by atoms with E-state index in [4.69, 9.17) is 68.7 Å². The molecule has 4 aromatic heterocycles. The van der Waals surface area contributed by atoms with Crippen molar-refractivity contribution in [2.75, 3.05) is 11.5 Å². The molecule has 240 valence electrons. The van der Waals surface area contributed by atoms with E-state index in [1.54, 1.807) is 12.4 Å². The van der Waals surface area contributed by atoms with Crippen LogP contribution in [0.3, 0.4) is 0 Å². The predicted octanol–water partition coefficient (Wildman–Crippen LogP) is 6.81. The number of benzene rings is 2. The number of rotatable bonds is 5. The van der Waals surface area contributed by atoms with Crippen molar-refractivity contribution in [3.8, 4) is 0 Å². The Bertz CT molecular complexity index is 2080. The van der Waals surface area contributed by atoms with Gasteiger partial charge in [0.25, 0.3) is 5.91 Å². The summed E-state index contributed by atoms with van der Waals surface area (Å²) in [6, 6.07) is 18.3. The molecule has 6 rings (SSSR count). The summed E-state index contributed by atoms with van der Waals surface area (Å²) in [5, 5.41) is 15.9. The minimum Gasteiger partial charge on any atom is -0.478 e. The lowest BCUT2D eigenvalue weighted by Gasteiger charge is -2.08. The highest BCUT2D eigenvalue weighted by molar-refractivity contribution is 6.41. The number of fused-ring (bicyclic) bond motifs is 2. The van der Waals surface area contributed by atoms with Crippen molar-refractivity contribution in [2.45, 2.75) is 13.1 Å². The molecule has 11 nitrogen and oxygen atoms in total. The summed E-state index contributed by atoms with van der Waals surface area (Å²) in [6.07, 6.45) is 5.90. The van der Waals surface area contributed by atoms with Gasteiger partial charge in [-0.25, -0.2) is 24.7 Å². The second kappa shape index (κ2) is 16.2. The highest BCUT2D eigenvalue weighted by Crippen LogP contribution is 2.22. The smallest absolute Gasteiger partial charge is 0.337 e. The normalized spacial score (nSPS) is 10.4. The Morgan fingerprint density at radius 3 is 1.68 bits per heavy atom. The fourth-order valence-electron chi connectivity index (χ4n) is 4.11. The molecule has 0 atom stereocenters. The number of nitrogens with one attached hydrogen (secondary N) is 1. The molecule has 0 aliphatic heterocycles. The van der Waals surface area contributed by atoms with Gasteiger partial charge >= 0.3 is 5.97 Å². The van der Waals surface area contributed by atoms with E-state index >= 15 is 0 Å². The van der Waals surface area contributed by atoms with Crippen LogP contribution in [0.25, 0.3) is 21.5 Å². The number of pyridine rings is 4. The van der Waals surface area contributed by atoms with Crippen molar-refractivity contribution in [3.05, 3.63) is 128 Å². The Kier molecular flexibility index (Phi) is 12.1. The van der Waals surface area contributed by atoms with Gasteiger partial charge in [0.2, 0.25) is 0 Å².